The zero-order chi connectivity index (χ0) is 27.8. The van der Waals surface area contributed by atoms with Gasteiger partial charge in [-0.3, -0.25) is 9.59 Å². The molecule has 0 unspecified atom stereocenters. The largest absolute Gasteiger partial charge is 0.466 e. The van der Waals surface area contributed by atoms with E-state index in [1.54, 1.807) is 0 Å². The van der Waals surface area contributed by atoms with Gasteiger partial charge in [-0.2, -0.15) is 0 Å². The first-order valence-corrected chi connectivity index (χ1v) is 17.0. The topological polar surface area (TPSA) is 52.6 Å². The Morgan fingerprint density at radius 1 is 0.342 bits per heavy atom. The number of esters is 2. The molecule has 0 aliphatic carbocycles. The van der Waals surface area contributed by atoms with Gasteiger partial charge in [0.2, 0.25) is 0 Å². The van der Waals surface area contributed by atoms with Crippen molar-refractivity contribution in [3.63, 3.8) is 0 Å². The molecule has 0 atom stereocenters. The molecule has 0 aliphatic heterocycles. The minimum absolute atomic E-state index is 0.0239. The second-order valence-corrected chi connectivity index (χ2v) is 11.4. The fourth-order valence-corrected chi connectivity index (χ4v) is 4.94. The van der Waals surface area contributed by atoms with Crippen LogP contribution in [0.5, 0.6) is 0 Å². The molecule has 4 heteroatoms. The Balaban J connectivity index is 3.24. The summed E-state index contributed by atoms with van der Waals surface area (Å²) in [5, 5.41) is 0. The van der Waals surface area contributed by atoms with Crippen LogP contribution in [0.15, 0.2) is 0 Å². The molecule has 0 aliphatic rings. The summed E-state index contributed by atoms with van der Waals surface area (Å²) in [7, 11) is 0. The van der Waals surface area contributed by atoms with Gasteiger partial charge >= 0.3 is 11.9 Å². The summed E-state index contributed by atoms with van der Waals surface area (Å²) in [5.41, 5.74) is 0. The van der Waals surface area contributed by atoms with Crippen molar-refractivity contribution >= 4 is 11.9 Å². The van der Waals surface area contributed by atoms with E-state index in [0.29, 0.717) is 26.1 Å². The molecule has 226 valence electrons. The zero-order valence-electron chi connectivity index (χ0n) is 25.8. The van der Waals surface area contributed by atoms with Gasteiger partial charge in [0.1, 0.15) is 0 Å². The Morgan fingerprint density at radius 2 is 0.579 bits per heavy atom. The van der Waals surface area contributed by atoms with Crippen molar-refractivity contribution in [2.24, 2.45) is 0 Å². The van der Waals surface area contributed by atoms with Crippen molar-refractivity contribution in [1.82, 2.24) is 0 Å². The first-order chi connectivity index (χ1) is 18.7. The van der Waals surface area contributed by atoms with E-state index in [4.69, 9.17) is 9.47 Å². The van der Waals surface area contributed by atoms with Crippen molar-refractivity contribution in [1.29, 1.82) is 0 Å². The van der Waals surface area contributed by atoms with Gasteiger partial charge in [0, 0.05) is 12.8 Å². The molecule has 0 fully saturated rings. The Hall–Kier alpha value is -1.06. The smallest absolute Gasteiger partial charge is 0.305 e. The normalized spacial score (nSPS) is 11.1. The third kappa shape index (κ3) is 31.2. The molecule has 0 saturated carbocycles. The average Bonchev–Trinajstić information content (AvgIpc) is 2.91. The van der Waals surface area contributed by atoms with Crippen LogP contribution in [0.1, 0.15) is 194 Å². The van der Waals surface area contributed by atoms with Crippen LogP contribution in [0.3, 0.4) is 0 Å². The van der Waals surface area contributed by atoms with Crippen molar-refractivity contribution in [3.05, 3.63) is 0 Å². The number of carbonyl (C=O) groups is 2. The van der Waals surface area contributed by atoms with Crippen LogP contribution in [0.4, 0.5) is 0 Å². The molecule has 0 bridgehead atoms. The third-order valence-electron chi connectivity index (χ3n) is 7.53. The van der Waals surface area contributed by atoms with Gasteiger partial charge < -0.3 is 9.47 Å². The summed E-state index contributed by atoms with van der Waals surface area (Å²) in [6, 6.07) is 0. The van der Waals surface area contributed by atoms with Gasteiger partial charge in [-0.1, -0.05) is 155 Å². The highest BCUT2D eigenvalue weighted by Crippen LogP contribution is 2.13. The van der Waals surface area contributed by atoms with E-state index in [1.807, 2.05) is 0 Å². The van der Waals surface area contributed by atoms with Crippen molar-refractivity contribution in [2.75, 3.05) is 13.2 Å². The summed E-state index contributed by atoms with van der Waals surface area (Å²) in [6.07, 6.45) is 33.3. The Morgan fingerprint density at radius 3 is 0.868 bits per heavy atom. The highest BCUT2D eigenvalue weighted by atomic mass is 16.5. The molecule has 0 saturated heterocycles. The summed E-state index contributed by atoms with van der Waals surface area (Å²) in [4.78, 5) is 23.7. The van der Waals surface area contributed by atoms with Gasteiger partial charge in [-0.25, -0.2) is 0 Å². The summed E-state index contributed by atoms with van der Waals surface area (Å²) in [5.74, 6) is -0.0478. The van der Waals surface area contributed by atoms with E-state index in [2.05, 4.69) is 13.8 Å². The van der Waals surface area contributed by atoms with Crippen LogP contribution in [-0.4, -0.2) is 25.2 Å². The molecule has 0 aromatic heterocycles. The van der Waals surface area contributed by atoms with Crippen molar-refractivity contribution in [2.45, 2.75) is 194 Å². The lowest BCUT2D eigenvalue weighted by molar-refractivity contribution is -0.144. The predicted octanol–water partition coefficient (Wildman–Crippen LogP) is 11.0. The molecule has 0 aromatic carbocycles. The molecule has 0 aromatic rings. The molecule has 0 heterocycles. The molecule has 0 spiro atoms. The number of unbranched alkanes of at least 4 members (excludes halogenated alkanes) is 23. The van der Waals surface area contributed by atoms with E-state index in [1.165, 1.54) is 103 Å². The predicted molar refractivity (Wildman–Crippen MR) is 163 cm³/mol. The molecular weight excluding hydrogens is 472 g/mol. The maximum atomic E-state index is 11.8. The van der Waals surface area contributed by atoms with Gasteiger partial charge in [-0.05, 0) is 25.7 Å². The second-order valence-electron chi connectivity index (χ2n) is 11.4. The summed E-state index contributed by atoms with van der Waals surface area (Å²) < 4.78 is 10.8. The average molecular weight is 539 g/mol. The number of hydrogen-bond donors (Lipinski definition) is 0. The van der Waals surface area contributed by atoms with Crippen LogP contribution >= 0.6 is 0 Å². The van der Waals surface area contributed by atoms with Crippen LogP contribution in [0.25, 0.3) is 0 Å². The van der Waals surface area contributed by atoms with Gasteiger partial charge in [-0.15, -0.1) is 0 Å². The van der Waals surface area contributed by atoms with E-state index in [-0.39, 0.29) is 11.9 Å². The van der Waals surface area contributed by atoms with E-state index >= 15 is 0 Å². The monoisotopic (exact) mass is 538 g/mol. The number of rotatable bonds is 31. The van der Waals surface area contributed by atoms with Crippen LogP contribution in [0.2, 0.25) is 0 Å². The lowest BCUT2D eigenvalue weighted by Gasteiger charge is -2.06. The Labute approximate surface area is 237 Å². The van der Waals surface area contributed by atoms with E-state index in [0.717, 1.165) is 64.2 Å². The first-order valence-electron chi connectivity index (χ1n) is 17.0. The standard InChI is InChI=1S/C34H66O4/c1-3-5-7-9-11-13-15-17-21-25-29-33(35)37-31-27-23-19-20-24-28-32-38-34(36)30-26-22-18-16-14-12-10-8-6-4-2/h3-32H2,1-2H3. The van der Waals surface area contributed by atoms with E-state index < -0.39 is 0 Å². The summed E-state index contributed by atoms with van der Waals surface area (Å²) >= 11 is 0. The first kappa shape index (κ1) is 36.9. The van der Waals surface area contributed by atoms with Crippen LogP contribution in [0, 0.1) is 0 Å². The zero-order valence-corrected chi connectivity index (χ0v) is 25.8. The molecule has 4 nitrogen and oxygen atoms in total. The minimum Gasteiger partial charge on any atom is -0.466 e. The summed E-state index contributed by atoms with van der Waals surface area (Å²) in [6.45, 7) is 5.64. The second kappa shape index (κ2) is 32.2. The van der Waals surface area contributed by atoms with Crippen LogP contribution < -0.4 is 0 Å². The molecule has 0 amide bonds. The Bertz CT molecular complexity index is 447. The molecular formula is C34H66O4. The van der Waals surface area contributed by atoms with Gasteiger partial charge in [0.05, 0.1) is 13.2 Å². The highest BCUT2D eigenvalue weighted by molar-refractivity contribution is 5.69. The lowest BCUT2D eigenvalue weighted by Crippen LogP contribution is -2.06. The fourth-order valence-electron chi connectivity index (χ4n) is 4.94. The number of carbonyl (C=O) groups excluding carboxylic acids is 2. The molecule has 38 heavy (non-hydrogen) atoms. The number of hydrogen-bond acceptors (Lipinski definition) is 4. The van der Waals surface area contributed by atoms with E-state index in [9.17, 15) is 9.59 Å². The highest BCUT2D eigenvalue weighted by Gasteiger charge is 2.04. The molecule has 0 N–H and O–H groups in total. The molecule has 0 radical (unpaired) electrons. The lowest BCUT2D eigenvalue weighted by atomic mass is 10.1. The van der Waals surface area contributed by atoms with Gasteiger partial charge in [0.25, 0.3) is 0 Å². The third-order valence-corrected chi connectivity index (χ3v) is 7.53. The maximum Gasteiger partial charge on any atom is 0.305 e. The molecule has 0 rings (SSSR count). The van der Waals surface area contributed by atoms with Crippen molar-refractivity contribution < 1.29 is 19.1 Å². The van der Waals surface area contributed by atoms with Crippen LogP contribution in [-0.2, 0) is 19.1 Å². The minimum atomic E-state index is -0.0239. The Kier molecular flexibility index (Phi) is 31.3. The maximum absolute atomic E-state index is 11.8. The van der Waals surface area contributed by atoms with Crippen molar-refractivity contribution in [3.8, 4) is 0 Å². The fraction of sp³-hybridized carbons (Fsp3) is 0.941. The number of ether oxygens (including phenoxy) is 2. The quantitative estimate of drug-likeness (QED) is 0.0650. The van der Waals surface area contributed by atoms with Gasteiger partial charge in [0.15, 0.2) is 0 Å². The SMILES string of the molecule is CCCCCCCCCCCCC(=O)OCCCCCCCCOC(=O)CCCCCCCCCCCC.